The van der Waals surface area contributed by atoms with Crippen LogP contribution in [0.1, 0.15) is 17.5 Å². The number of benzene rings is 2. The van der Waals surface area contributed by atoms with Crippen LogP contribution in [0.4, 0.5) is 13.2 Å². The lowest BCUT2D eigenvalue weighted by atomic mass is 9.86. The highest BCUT2D eigenvalue weighted by Crippen LogP contribution is 2.49. The highest BCUT2D eigenvalue weighted by Gasteiger charge is 2.62. The Bertz CT molecular complexity index is 741. The van der Waals surface area contributed by atoms with Crippen LogP contribution < -0.4 is 0 Å². The highest BCUT2D eigenvalue weighted by molar-refractivity contribution is 6.34. The van der Waals surface area contributed by atoms with Crippen molar-refractivity contribution in [1.29, 1.82) is 0 Å². The summed E-state index contributed by atoms with van der Waals surface area (Å²) in [6.07, 6.45) is -5.15. The van der Waals surface area contributed by atoms with E-state index in [0.29, 0.717) is 5.56 Å². The van der Waals surface area contributed by atoms with Crippen LogP contribution in [-0.4, -0.2) is 11.9 Å². The van der Waals surface area contributed by atoms with E-state index in [-0.39, 0.29) is 21.3 Å². The van der Waals surface area contributed by atoms with Crippen molar-refractivity contribution in [2.75, 3.05) is 0 Å². The van der Waals surface area contributed by atoms with E-state index >= 15 is 0 Å². The van der Waals surface area contributed by atoms with Crippen LogP contribution >= 0.6 is 23.2 Å². The van der Waals surface area contributed by atoms with E-state index < -0.39 is 18.2 Å². The van der Waals surface area contributed by atoms with E-state index in [0.717, 1.165) is 0 Å². The van der Waals surface area contributed by atoms with Gasteiger partial charge >= 0.3 is 6.18 Å². The summed E-state index contributed by atoms with van der Waals surface area (Å²) < 4.78 is 41.3. The molecule has 0 N–H and O–H groups in total. The lowest BCUT2D eigenvalue weighted by Crippen LogP contribution is -2.42. The van der Waals surface area contributed by atoms with Crippen LogP contribution in [0.5, 0.6) is 0 Å². The summed E-state index contributed by atoms with van der Waals surface area (Å²) in [7, 11) is 0. The molecule has 1 aliphatic heterocycles. The minimum absolute atomic E-state index is 0.0995. The summed E-state index contributed by atoms with van der Waals surface area (Å²) in [5.74, 6) is 0. The maximum absolute atomic E-state index is 13.8. The number of hydrogen-bond acceptors (Lipinski definition) is 2. The second-order valence-electron chi connectivity index (χ2n) is 5.08. The molecule has 119 valence electrons. The van der Waals surface area contributed by atoms with E-state index in [1.54, 1.807) is 24.3 Å². The van der Waals surface area contributed by atoms with Crippen LogP contribution in [0.15, 0.2) is 47.6 Å². The first-order valence-electron chi connectivity index (χ1n) is 6.57. The summed E-state index contributed by atoms with van der Waals surface area (Å²) in [6, 6.07) is 13.0. The van der Waals surface area contributed by atoms with Gasteiger partial charge in [-0.25, -0.2) is 0 Å². The predicted octanol–water partition coefficient (Wildman–Crippen LogP) is 5.38. The minimum atomic E-state index is -4.69. The monoisotopic (exact) mass is 358 g/mol. The largest absolute Gasteiger partial charge is 0.435 e. The van der Waals surface area contributed by atoms with Crippen LogP contribution in [0.25, 0.3) is 0 Å². The minimum Gasteiger partial charge on any atom is -0.374 e. The molecule has 1 atom stereocenters. The topological polar surface area (TPSA) is 21.6 Å². The summed E-state index contributed by atoms with van der Waals surface area (Å²) in [4.78, 5) is 4.90. The molecule has 0 aliphatic carbocycles. The lowest BCUT2D eigenvalue weighted by Gasteiger charge is -2.29. The van der Waals surface area contributed by atoms with Gasteiger partial charge in [-0.3, -0.25) is 0 Å². The van der Waals surface area contributed by atoms with Gasteiger partial charge < -0.3 is 4.84 Å². The summed E-state index contributed by atoms with van der Waals surface area (Å²) in [6.45, 7) is 0. The third kappa shape index (κ3) is 2.91. The zero-order chi connectivity index (χ0) is 16.7. The Morgan fingerprint density at radius 2 is 1.70 bits per heavy atom. The van der Waals surface area contributed by atoms with Gasteiger partial charge in [-0.1, -0.05) is 52.6 Å². The molecule has 2 nitrogen and oxygen atoms in total. The molecule has 3 rings (SSSR count). The molecule has 0 saturated heterocycles. The zero-order valence-electron chi connectivity index (χ0n) is 11.5. The Balaban J connectivity index is 2.05. The fraction of sp³-hybridized carbons (Fsp3) is 0.188. The second kappa shape index (κ2) is 5.73. The molecule has 1 heterocycles. The standard InChI is InChI=1S/C16H9Cl2F3NO/c17-12-6-11(7-13(18)8-12)15(16(19,20)21)9-14(22-23-15)10-4-2-1-3-5-10/h2-8H,9H2. The van der Waals surface area contributed by atoms with Gasteiger partial charge in [0.05, 0.1) is 5.71 Å². The quantitative estimate of drug-likeness (QED) is 0.706. The zero-order valence-corrected chi connectivity index (χ0v) is 13.0. The molecule has 7 heteroatoms. The van der Waals surface area contributed by atoms with E-state index in [1.807, 2.05) is 0 Å². The van der Waals surface area contributed by atoms with E-state index in [4.69, 9.17) is 28.0 Å². The molecule has 2 aromatic rings. The summed E-state index contributed by atoms with van der Waals surface area (Å²) in [5, 5.41) is 3.86. The van der Waals surface area contributed by atoms with Crippen molar-refractivity contribution in [1.82, 2.24) is 0 Å². The fourth-order valence-electron chi connectivity index (χ4n) is 2.42. The Labute approximate surface area is 140 Å². The predicted molar refractivity (Wildman–Crippen MR) is 81.7 cm³/mol. The molecule has 0 bridgehead atoms. The average molecular weight is 359 g/mol. The van der Waals surface area contributed by atoms with Crippen molar-refractivity contribution in [2.24, 2.45) is 5.16 Å². The van der Waals surface area contributed by atoms with Crippen LogP contribution in [-0.2, 0) is 10.4 Å². The summed E-state index contributed by atoms with van der Waals surface area (Å²) in [5.41, 5.74) is -2.03. The Morgan fingerprint density at radius 1 is 1.09 bits per heavy atom. The molecule has 1 unspecified atom stereocenters. The van der Waals surface area contributed by atoms with Gasteiger partial charge in [0.15, 0.2) is 0 Å². The van der Waals surface area contributed by atoms with E-state index in [9.17, 15) is 13.2 Å². The van der Waals surface area contributed by atoms with Crippen molar-refractivity contribution in [2.45, 2.75) is 18.2 Å². The van der Waals surface area contributed by atoms with Crippen molar-refractivity contribution < 1.29 is 18.0 Å². The third-order valence-corrected chi connectivity index (χ3v) is 4.00. The van der Waals surface area contributed by atoms with Crippen LogP contribution in [0.3, 0.4) is 0 Å². The van der Waals surface area contributed by atoms with Crippen LogP contribution in [0.2, 0.25) is 10.0 Å². The second-order valence-corrected chi connectivity index (χ2v) is 5.95. The molecule has 0 aromatic heterocycles. The molecule has 1 radical (unpaired) electrons. The van der Waals surface area contributed by atoms with Crippen molar-refractivity contribution in [3.05, 3.63) is 69.7 Å². The molecule has 23 heavy (non-hydrogen) atoms. The first-order valence-corrected chi connectivity index (χ1v) is 7.32. The number of hydrogen-bond donors (Lipinski definition) is 0. The van der Waals surface area contributed by atoms with Crippen molar-refractivity contribution in [3.8, 4) is 0 Å². The van der Waals surface area contributed by atoms with Crippen molar-refractivity contribution >= 4 is 28.9 Å². The Hall–Kier alpha value is -1.72. The number of halogens is 5. The molecule has 0 spiro atoms. The van der Waals surface area contributed by atoms with Crippen LogP contribution in [0, 0.1) is 6.07 Å². The number of rotatable bonds is 2. The van der Waals surface area contributed by atoms with Crippen molar-refractivity contribution in [3.63, 3.8) is 0 Å². The average Bonchev–Trinajstić information content (AvgIpc) is 2.93. The first kappa shape index (κ1) is 16.1. The molecular formula is C16H9Cl2F3NO. The molecule has 1 aliphatic rings. The Kier molecular flexibility index (Phi) is 4.02. The first-order chi connectivity index (χ1) is 10.8. The number of oxime groups is 1. The number of alkyl halides is 3. The molecule has 0 amide bonds. The van der Waals surface area contributed by atoms with Gasteiger partial charge in [-0.15, -0.1) is 0 Å². The van der Waals surface area contributed by atoms with Gasteiger partial charge in [0.1, 0.15) is 0 Å². The number of nitrogens with zero attached hydrogens (tertiary/aromatic N) is 1. The van der Waals surface area contributed by atoms with Gasteiger partial charge in [-0.2, -0.15) is 13.2 Å². The van der Waals surface area contributed by atoms with Gasteiger partial charge in [0, 0.05) is 22.0 Å². The van der Waals surface area contributed by atoms with Gasteiger partial charge in [0.2, 0.25) is 0 Å². The molecule has 2 aromatic carbocycles. The van der Waals surface area contributed by atoms with E-state index in [1.165, 1.54) is 18.2 Å². The highest BCUT2D eigenvalue weighted by atomic mass is 35.5. The maximum Gasteiger partial charge on any atom is 0.435 e. The third-order valence-electron chi connectivity index (χ3n) is 3.57. The fourth-order valence-corrected chi connectivity index (χ4v) is 2.95. The smallest absolute Gasteiger partial charge is 0.374 e. The maximum atomic E-state index is 13.8. The normalized spacial score (nSPS) is 21.0. The molecular weight excluding hydrogens is 350 g/mol. The SMILES string of the molecule is FC(F)(F)C1(c2cc(Cl)cc(Cl)c2)CC(c2cc[c]cc2)=NO1. The molecule has 0 saturated carbocycles. The summed E-state index contributed by atoms with van der Waals surface area (Å²) >= 11 is 11.7. The van der Waals surface area contributed by atoms with Gasteiger partial charge in [-0.05, 0) is 29.8 Å². The Morgan fingerprint density at radius 3 is 2.26 bits per heavy atom. The van der Waals surface area contributed by atoms with E-state index in [2.05, 4.69) is 11.2 Å². The van der Waals surface area contributed by atoms with Gasteiger partial charge in [0.25, 0.3) is 5.60 Å². The lowest BCUT2D eigenvalue weighted by molar-refractivity contribution is -0.275. The molecule has 0 fully saturated rings.